The van der Waals surface area contributed by atoms with E-state index in [9.17, 15) is 4.39 Å². The molecule has 134 valence electrons. The molecule has 0 saturated heterocycles. The lowest BCUT2D eigenvalue weighted by molar-refractivity contribution is 0.628. The number of hydrogen-bond donors (Lipinski definition) is 3. The van der Waals surface area contributed by atoms with Crippen LogP contribution in [0.5, 0.6) is 0 Å². The number of aryl methyl sites for hydroxylation is 2. The van der Waals surface area contributed by atoms with E-state index in [0.29, 0.717) is 12.5 Å². The number of guanidine groups is 1. The first-order chi connectivity index (χ1) is 11.7. The van der Waals surface area contributed by atoms with Crippen LogP contribution in [-0.2, 0) is 12.8 Å². The van der Waals surface area contributed by atoms with Crippen LogP contribution in [-0.4, -0.2) is 19.0 Å². The summed E-state index contributed by atoms with van der Waals surface area (Å²) in [5.41, 5.74) is 10.6. The minimum Gasteiger partial charge on any atom is -0.385 e. The second-order valence-electron chi connectivity index (χ2n) is 6.02. The summed E-state index contributed by atoms with van der Waals surface area (Å²) in [5.74, 6) is 0.194. The zero-order chi connectivity index (χ0) is 16.8. The van der Waals surface area contributed by atoms with E-state index in [-0.39, 0.29) is 29.8 Å². The number of rotatable bonds is 6. The molecule has 0 saturated carbocycles. The van der Waals surface area contributed by atoms with Gasteiger partial charge >= 0.3 is 0 Å². The third-order valence-electron chi connectivity index (χ3n) is 4.14. The summed E-state index contributed by atoms with van der Waals surface area (Å²) >= 11 is 0. The highest BCUT2D eigenvalue weighted by Crippen LogP contribution is 2.24. The molecule has 4 N–H and O–H groups in total. The monoisotopic (exact) mass is 454 g/mol. The number of aliphatic imine (C=N–C) groups is 1. The Morgan fingerprint density at radius 3 is 2.76 bits per heavy atom. The zero-order valence-electron chi connectivity index (χ0n) is 14.1. The molecule has 2 aromatic rings. The molecule has 0 atom stereocenters. The number of nitrogens with one attached hydrogen (secondary N) is 2. The second kappa shape index (κ2) is 9.60. The maximum Gasteiger partial charge on any atom is 0.193 e. The Labute approximate surface area is 165 Å². The maximum atomic E-state index is 13.1. The Bertz CT molecular complexity index is 733. The Hall–Kier alpha value is -1.83. The van der Waals surface area contributed by atoms with E-state index in [4.69, 9.17) is 5.73 Å². The topological polar surface area (TPSA) is 62.4 Å². The molecule has 0 aliphatic heterocycles. The lowest BCUT2D eigenvalue weighted by Gasteiger charge is -2.08. The Morgan fingerprint density at radius 1 is 1.08 bits per heavy atom. The van der Waals surface area contributed by atoms with Crippen molar-refractivity contribution in [3.8, 4) is 0 Å². The average molecular weight is 454 g/mol. The van der Waals surface area contributed by atoms with Crippen molar-refractivity contribution in [2.45, 2.75) is 25.7 Å². The lowest BCUT2D eigenvalue weighted by atomic mass is 10.1. The molecule has 0 aromatic heterocycles. The van der Waals surface area contributed by atoms with Gasteiger partial charge in [-0.2, -0.15) is 0 Å². The molecule has 0 spiro atoms. The van der Waals surface area contributed by atoms with Crippen molar-refractivity contribution < 1.29 is 4.39 Å². The summed E-state index contributed by atoms with van der Waals surface area (Å²) in [6, 6.07) is 12.8. The minimum absolute atomic E-state index is 0. The highest BCUT2D eigenvalue weighted by Gasteiger charge is 2.10. The van der Waals surface area contributed by atoms with Crippen LogP contribution in [0.1, 0.15) is 24.0 Å². The fourth-order valence-corrected chi connectivity index (χ4v) is 2.95. The summed E-state index contributed by atoms with van der Waals surface area (Å²) in [4.78, 5) is 4.33. The van der Waals surface area contributed by atoms with Gasteiger partial charge in [-0.1, -0.05) is 12.1 Å². The van der Waals surface area contributed by atoms with Gasteiger partial charge in [0.2, 0.25) is 0 Å². The number of benzene rings is 2. The number of nitrogens with zero attached hydrogens (tertiary/aromatic N) is 1. The first-order valence-corrected chi connectivity index (χ1v) is 8.39. The van der Waals surface area contributed by atoms with E-state index >= 15 is 0 Å². The molecular weight excluding hydrogens is 430 g/mol. The molecule has 0 amide bonds. The van der Waals surface area contributed by atoms with Gasteiger partial charge in [0.15, 0.2) is 5.96 Å². The van der Waals surface area contributed by atoms with E-state index in [1.165, 1.54) is 36.1 Å². The average Bonchev–Trinajstić information content (AvgIpc) is 3.02. The normalized spacial score (nSPS) is 13.1. The Balaban J connectivity index is 0.00000225. The molecule has 25 heavy (non-hydrogen) atoms. The van der Waals surface area contributed by atoms with Gasteiger partial charge in [0.1, 0.15) is 5.82 Å². The van der Waals surface area contributed by atoms with Crippen LogP contribution < -0.4 is 16.4 Å². The van der Waals surface area contributed by atoms with Crippen molar-refractivity contribution in [2.75, 3.05) is 23.7 Å². The van der Waals surface area contributed by atoms with Crippen molar-refractivity contribution in [3.63, 3.8) is 0 Å². The van der Waals surface area contributed by atoms with Crippen molar-refractivity contribution in [3.05, 3.63) is 59.4 Å². The molecule has 1 aliphatic carbocycles. The van der Waals surface area contributed by atoms with Crippen LogP contribution in [0.15, 0.2) is 47.5 Å². The van der Waals surface area contributed by atoms with Gasteiger partial charge < -0.3 is 16.4 Å². The standard InChI is InChI=1S/C19H23FN4.HI/c20-16-6-2-7-17(13-16)22-10-3-11-23-19(21)24-18-9-8-14-4-1-5-15(14)12-18;/h2,6-9,12-13,22H,1,3-5,10-11H2,(H3,21,23,24);1H. The van der Waals surface area contributed by atoms with E-state index < -0.39 is 0 Å². The summed E-state index contributed by atoms with van der Waals surface area (Å²) < 4.78 is 13.1. The number of nitrogens with two attached hydrogens (primary N) is 1. The lowest BCUT2D eigenvalue weighted by Crippen LogP contribution is -2.23. The van der Waals surface area contributed by atoms with Crippen LogP contribution >= 0.6 is 24.0 Å². The molecule has 0 radical (unpaired) electrons. The van der Waals surface area contributed by atoms with E-state index in [1.807, 2.05) is 6.07 Å². The summed E-state index contributed by atoms with van der Waals surface area (Å²) in [6.45, 7) is 1.34. The molecule has 0 heterocycles. The van der Waals surface area contributed by atoms with Crippen LogP contribution in [0.25, 0.3) is 0 Å². The van der Waals surface area contributed by atoms with Crippen molar-refractivity contribution in [1.29, 1.82) is 0 Å². The Morgan fingerprint density at radius 2 is 1.92 bits per heavy atom. The number of halogens is 2. The fraction of sp³-hybridized carbons (Fsp3) is 0.316. The van der Waals surface area contributed by atoms with Crippen LogP contribution in [0, 0.1) is 5.82 Å². The highest BCUT2D eigenvalue weighted by molar-refractivity contribution is 14.0. The SMILES string of the molecule is I.NC(=NCCCNc1cccc(F)c1)Nc1ccc2c(c1)CCC2. The quantitative estimate of drug-likeness (QED) is 0.266. The molecule has 0 bridgehead atoms. The third kappa shape index (κ3) is 5.88. The molecule has 2 aromatic carbocycles. The number of anilines is 2. The van der Waals surface area contributed by atoms with E-state index in [1.54, 1.807) is 6.07 Å². The van der Waals surface area contributed by atoms with Crippen LogP contribution in [0.4, 0.5) is 15.8 Å². The zero-order valence-corrected chi connectivity index (χ0v) is 16.4. The summed E-state index contributed by atoms with van der Waals surface area (Å²) in [6.07, 6.45) is 4.38. The first kappa shape index (κ1) is 19.5. The van der Waals surface area contributed by atoms with E-state index in [0.717, 1.165) is 30.8 Å². The molecule has 6 heteroatoms. The van der Waals surface area contributed by atoms with Gasteiger partial charge in [0.05, 0.1) is 0 Å². The second-order valence-corrected chi connectivity index (χ2v) is 6.02. The van der Waals surface area contributed by atoms with Gasteiger partial charge in [-0.25, -0.2) is 4.39 Å². The molecule has 1 aliphatic rings. The van der Waals surface area contributed by atoms with Crippen molar-refractivity contribution in [2.24, 2.45) is 10.7 Å². The van der Waals surface area contributed by atoms with E-state index in [2.05, 4.69) is 33.8 Å². The molecule has 0 fully saturated rings. The van der Waals surface area contributed by atoms with Gasteiger partial charge in [-0.05, 0) is 67.1 Å². The van der Waals surface area contributed by atoms with Gasteiger partial charge in [-0.15, -0.1) is 24.0 Å². The van der Waals surface area contributed by atoms with Gasteiger partial charge in [-0.3, -0.25) is 4.99 Å². The predicted octanol–water partition coefficient (Wildman–Crippen LogP) is 4.16. The predicted molar refractivity (Wildman–Crippen MR) is 114 cm³/mol. The molecule has 3 rings (SSSR count). The summed E-state index contributed by atoms with van der Waals surface area (Å²) in [5, 5.41) is 6.31. The van der Waals surface area contributed by atoms with Gasteiger partial charge in [0, 0.05) is 24.5 Å². The van der Waals surface area contributed by atoms with Crippen LogP contribution in [0.2, 0.25) is 0 Å². The first-order valence-electron chi connectivity index (χ1n) is 8.39. The molecule has 4 nitrogen and oxygen atoms in total. The molecule has 0 unspecified atom stereocenters. The molecular formula is C19H24FIN4. The largest absolute Gasteiger partial charge is 0.385 e. The summed E-state index contributed by atoms with van der Waals surface area (Å²) in [7, 11) is 0. The highest BCUT2D eigenvalue weighted by atomic mass is 127. The smallest absolute Gasteiger partial charge is 0.193 e. The Kier molecular flexibility index (Phi) is 7.49. The number of fused-ring (bicyclic) bond motifs is 1. The van der Waals surface area contributed by atoms with Crippen LogP contribution in [0.3, 0.4) is 0 Å². The van der Waals surface area contributed by atoms with Gasteiger partial charge in [0.25, 0.3) is 0 Å². The third-order valence-corrected chi connectivity index (χ3v) is 4.14. The maximum absolute atomic E-state index is 13.1. The van der Waals surface area contributed by atoms with Crippen molar-refractivity contribution in [1.82, 2.24) is 0 Å². The number of hydrogen-bond acceptors (Lipinski definition) is 2. The minimum atomic E-state index is -0.235. The van der Waals surface area contributed by atoms with Crippen molar-refractivity contribution >= 4 is 41.3 Å². The fourth-order valence-electron chi connectivity index (χ4n) is 2.95.